The van der Waals surface area contributed by atoms with Crippen LogP contribution >= 0.6 is 0 Å². The number of anilines is 1. The summed E-state index contributed by atoms with van der Waals surface area (Å²) in [6.07, 6.45) is 0. The molecule has 0 amide bonds. The van der Waals surface area contributed by atoms with Crippen molar-refractivity contribution in [2.24, 2.45) is 0 Å². The fraction of sp³-hybridized carbons (Fsp3) is 0.0714. The lowest BCUT2D eigenvalue weighted by Gasteiger charge is -2.17. The van der Waals surface area contributed by atoms with E-state index in [1.807, 2.05) is 0 Å². The molecule has 20 heavy (non-hydrogen) atoms. The van der Waals surface area contributed by atoms with Crippen LogP contribution in [0.2, 0.25) is 0 Å². The van der Waals surface area contributed by atoms with Gasteiger partial charge in [-0.1, -0.05) is 18.2 Å². The smallest absolute Gasteiger partial charge is 0.330 e. The Labute approximate surface area is 113 Å². The fourth-order valence-corrected chi connectivity index (χ4v) is 1.72. The average Bonchev–Trinajstić information content (AvgIpc) is 2.41. The Bertz CT molecular complexity index is 646. The Morgan fingerprint density at radius 1 is 1.10 bits per heavy atom. The number of carboxylic acid groups (broad SMARTS) is 1. The Morgan fingerprint density at radius 3 is 2.40 bits per heavy atom. The maximum absolute atomic E-state index is 13.5. The predicted octanol–water partition coefficient (Wildman–Crippen LogP) is 2.91. The molecule has 6 heteroatoms. The number of nitrogens with one attached hydrogen (secondary N) is 1. The second-order valence-electron chi connectivity index (χ2n) is 4.11. The minimum atomic E-state index is -1.33. The van der Waals surface area contributed by atoms with Crippen molar-refractivity contribution in [3.63, 3.8) is 0 Å². The van der Waals surface area contributed by atoms with Crippen LogP contribution < -0.4 is 5.32 Å². The second-order valence-corrected chi connectivity index (χ2v) is 4.11. The molecule has 2 rings (SSSR count). The highest BCUT2D eigenvalue weighted by Gasteiger charge is 2.22. The monoisotopic (exact) mass is 279 g/mol. The van der Waals surface area contributed by atoms with Crippen LogP contribution in [0.1, 0.15) is 11.6 Å². The normalized spacial score (nSPS) is 11.9. The van der Waals surface area contributed by atoms with Gasteiger partial charge in [0.05, 0.1) is 5.69 Å². The van der Waals surface area contributed by atoms with Crippen LogP contribution in [-0.4, -0.2) is 16.2 Å². The fourth-order valence-electron chi connectivity index (χ4n) is 1.72. The third-order valence-electron chi connectivity index (χ3n) is 2.73. The molecule has 4 nitrogen and oxygen atoms in total. The zero-order chi connectivity index (χ0) is 14.7. The minimum absolute atomic E-state index is 0.00613. The highest BCUT2D eigenvalue weighted by atomic mass is 19.1. The molecule has 104 valence electrons. The molecule has 0 aliphatic heterocycles. The zero-order valence-electron chi connectivity index (χ0n) is 10.2. The first kappa shape index (κ1) is 13.8. The van der Waals surface area contributed by atoms with E-state index < -0.39 is 29.4 Å². The summed E-state index contributed by atoms with van der Waals surface area (Å²) in [6, 6.07) is 7.43. The van der Waals surface area contributed by atoms with E-state index in [-0.39, 0.29) is 11.3 Å². The summed E-state index contributed by atoms with van der Waals surface area (Å²) in [4.78, 5) is 11.2. The van der Waals surface area contributed by atoms with Gasteiger partial charge in [0.1, 0.15) is 5.82 Å². The molecule has 0 saturated heterocycles. The van der Waals surface area contributed by atoms with Crippen LogP contribution in [0, 0.1) is 11.6 Å². The Morgan fingerprint density at radius 2 is 1.80 bits per heavy atom. The van der Waals surface area contributed by atoms with E-state index >= 15 is 0 Å². The summed E-state index contributed by atoms with van der Waals surface area (Å²) in [7, 11) is 0. The second kappa shape index (κ2) is 5.56. The molecule has 0 aromatic heterocycles. The van der Waals surface area contributed by atoms with E-state index in [0.717, 1.165) is 12.1 Å². The van der Waals surface area contributed by atoms with Gasteiger partial charge in [-0.15, -0.1) is 0 Å². The number of carboxylic acids is 1. The molecular weight excluding hydrogens is 268 g/mol. The van der Waals surface area contributed by atoms with Crippen LogP contribution in [0.25, 0.3) is 0 Å². The topological polar surface area (TPSA) is 69.6 Å². The van der Waals surface area contributed by atoms with Crippen molar-refractivity contribution < 1.29 is 23.8 Å². The van der Waals surface area contributed by atoms with Crippen molar-refractivity contribution in [2.75, 3.05) is 5.32 Å². The quantitative estimate of drug-likeness (QED) is 0.805. The van der Waals surface area contributed by atoms with Crippen LogP contribution in [0.5, 0.6) is 5.75 Å². The number of phenolic OH excluding ortho intramolecular Hbond substituents is 1. The molecule has 0 fully saturated rings. The molecule has 0 aliphatic carbocycles. The number of hydrogen-bond acceptors (Lipinski definition) is 3. The number of aromatic hydroxyl groups is 1. The summed E-state index contributed by atoms with van der Waals surface area (Å²) in [5.74, 6) is -3.43. The van der Waals surface area contributed by atoms with Gasteiger partial charge in [-0.2, -0.15) is 0 Å². The number of phenols is 1. The third kappa shape index (κ3) is 2.85. The number of para-hydroxylation sites is 1. The first-order valence-corrected chi connectivity index (χ1v) is 5.71. The van der Waals surface area contributed by atoms with Crippen molar-refractivity contribution in [1.29, 1.82) is 0 Å². The zero-order valence-corrected chi connectivity index (χ0v) is 10.2. The Balaban J connectivity index is 2.34. The molecule has 0 heterocycles. The number of benzene rings is 2. The maximum Gasteiger partial charge on any atom is 0.330 e. The van der Waals surface area contributed by atoms with E-state index in [1.165, 1.54) is 24.3 Å². The van der Waals surface area contributed by atoms with Gasteiger partial charge in [0.2, 0.25) is 0 Å². The van der Waals surface area contributed by atoms with E-state index in [2.05, 4.69) is 5.32 Å². The number of halogens is 2. The van der Waals surface area contributed by atoms with E-state index in [9.17, 15) is 13.6 Å². The lowest BCUT2D eigenvalue weighted by Crippen LogP contribution is -2.21. The highest BCUT2D eigenvalue weighted by molar-refractivity contribution is 5.79. The molecule has 1 unspecified atom stereocenters. The summed E-state index contributed by atoms with van der Waals surface area (Å²) in [5.41, 5.74) is 0.0597. The van der Waals surface area contributed by atoms with Gasteiger partial charge in [-0.3, -0.25) is 0 Å². The van der Waals surface area contributed by atoms with Crippen molar-refractivity contribution in [2.45, 2.75) is 6.04 Å². The van der Waals surface area contributed by atoms with Gasteiger partial charge in [-0.25, -0.2) is 13.6 Å². The molecular formula is C14H11F2NO3. The lowest BCUT2D eigenvalue weighted by molar-refractivity contribution is -0.138. The van der Waals surface area contributed by atoms with Gasteiger partial charge in [-0.05, 0) is 29.8 Å². The van der Waals surface area contributed by atoms with Crippen LogP contribution in [0.3, 0.4) is 0 Å². The van der Waals surface area contributed by atoms with E-state index in [0.29, 0.717) is 0 Å². The first-order valence-electron chi connectivity index (χ1n) is 5.71. The molecule has 3 N–H and O–H groups in total. The first-order chi connectivity index (χ1) is 9.49. The number of aliphatic carboxylic acids is 1. The van der Waals surface area contributed by atoms with Crippen molar-refractivity contribution in [3.05, 3.63) is 59.7 Å². The molecule has 1 atom stereocenters. The predicted molar refractivity (Wildman–Crippen MR) is 68.5 cm³/mol. The molecule has 2 aromatic carbocycles. The minimum Gasteiger partial charge on any atom is -0.505 e. The number of carbonyl (C=O) groups is 1. The van der Waals surface area contributed by atoms with E-state index in [1.54, 1.807) is 6.07 Å². The van der Waals surface area contributed by atoms with Crippen molar-refractivity contribution >= 4 is 11.7 Å². The maximum atomic E-state index is 13.5. The Hall–Kier alpha value is -2.63. The largest absolute Gasteiger partial charge is 0.505 e. The Kier molecular flexibility index (Phi) is 3.84. The van der Waals surface area contributed by atoms with Crippen LogP contribution in [0.15, 0.2) is 42.5 Å². The summed E-state index contributed by atoms with van der Waals surface area (Å²) in [5, 5.41) is 20.8. The molecule has 0 saturated carbocycles. The van der Waals surface area contributed by atoms with Crippen molar-refractivity contribution in [1.82, 2.24) is 0 Å². The molecule has 2 aromatic rings. The van der Waals surface area contributed by atoms with Gasteiger partial charge >= 0.3 is 5.97 Å². The van der Waals surface area contributed by atoms with Crippen LogP contribution in [-0.2, 0) is 4.79 Å². The number of hydrogen-bond donors (Lipinski definition) is 3. The van der Waals surface area contributed by atoms with Gasteiger partial charge < -0.3 is 15.5 Å². The summed E-state index contributed by atoms with van der Waals surface area (Å²) in [6.45, 7) is 0. The standard InChI is InChI=1S/C14H11F2NO3/c15-9-3-1-2-4-11(9)17-13(14(19)20)8-5-6-12(18)10(16)7-8/h1-7,13,17-18H,(H,19,20). The lowest BCUT2D eigenvalue weighted by atomic mass is 10.1. The van der Waals surface area contributed by atoms with Gasteiger partial charge in [0.25, 0.3) is 0 Å². The van der Waals surface area contributed by atoms with Crippen LogP contribution in [0.4, 0.5) is 14.5 Å². The van der Waals surface area contributed by atoms with E-state index in [4.69, 9.17) is 10.2 Å². The average molecular weight is 279 g/mol. The number of rotatable bonds is 4. The third-order valence-corrected chi connectivity index (χ3v) is 2.73. The SMILES string of the molecule is O=C(O)C(Nc1ccccc1F)c1ccc(O)c(F)c1. The van der Waals surface area contributed by atoms with Gasteiger partial charge in [0, 0.05) is 0 Å². The molecule has 0 aliphatic rings. The van der Waals surface area contributed by atoms with Gasteiger partial charge in [0.15, 0.2) is 17.6 Å². The molecule has 0 spiro atoms. The van der Waals surface area contributed by atoms with Crippen molar-refractivity contribution in [3.8, 4) is 5.75 Å². The molecule has 0 bridgehead atoms. The highest BCUT2D eigenvalue weighted by Crippen LogP contribution is 2.25. The molecule has 0 radical (unpaired) electrons. The summed E-state index contributed by atoms with van der Waals surface area (Å²) < 4.78 is 26.8. The summed E-state index contributed by atoms with van der Waals surface area (Å²) >= 11 is 0.